The number of carbonyl (C=O) groups is 1. The molecule has 0 aliphatic carbocycles. The fourth-order valence-electron chi connectivity index (χ4n) is 3.98. The smallest absolute Gasteiger partial charge is 0.275 e. The predicted octanol–water partition coefficient (Wildman–Crippen LogP) is 4.79. The van der Waals surface area contributed by atoms with E-state index in [9.17, 15) is 18.4 Å². The number of methoxy groups -OCH3 is 1. The lowest BCUT2D eigenvalue weighted by molar-refractivity contribution is -0.131. The van der Waals surface area contributed by atoms with Crippen LogP contribution in [0.15, 0.2) is 56.9 Å². The number of sulfone groups is 1. The molecule has 0 atom stereocenters. The number of piperazine rings is 1. The second-order valence-electron chi connectivity index (χ2n) is 7.81. The number of hydrogen-bond donors (Lipinski definition) is 1. The van der Waals surface area contributed by atoms with Crippen molar-refractivity contribution in [3.05, 3.63) is 52.3 Å². The maximum atomic E-state index is 13.8. The molecule has 0 spiro atoms. The third kappa shape index (κ3) is 4.65. The van der Waals surface area contributed by atoms with Crippen molar-refractivity contribution in [2.75, 3.05) is 33.3 Å². The number of benzene rings is 2. The summed E-state index contributed by atoms with van der Waals surface area (Å²) < 4.78 is 30.2. The number of amides is 1. The van der Waals surface area contributed by atoms with Gasteiger partial charge in [-0.3, -0.25) is 4.79 Å². The van der Waals surface area contributed by atoms with Crippen LogP contribution in [-0.2, 0) is 14.6 Å². The molecule has 1 aliphatic rings. The monoisotopic (exact) mass is 609 g/mol. The first kappa shape index (κ1) is 25.6. The van der Waals surface area contributed by atoms with Gasteiger partial charge in [0.25, 0.3) is 9.70 Å². The maximum absolute atomic E-state index is 13.8. The second-order valence-corrected chi connectivity index (χ2v) is 12.9. The van der Waals surface area contributed by atoms with Gasteiger partial charge in [0.2, 0.25) is 9.84 Å². The van der Waals surface area contributed by atoms with Gasteiger partial charge in [-0.25, -0.2) is 8.42 Å². The zero-order valence-corrected chi connectivity index (χ0v) is 22.4. The number of aromatic nitrogens is 1. The van der Waals surface area contributed by atoms with E-state index in [1.807, 2.05) is 0 Å². The molecule has 1 aromatic heterocycles. The Balaban J connectivity index is 1.71. The first-order valence-electron chi connectivity index (χ1n) is 10.0. The summed E-state index contributed by atoms with van der Waals surface area (Å²) in [4.78, 5) is 16.6. The Labute approximate surface area is 219 Å². The number of fused-ring (bicyclic) bond motifs is 1. The van der Waals surface area contributed by atoms with E-state index in [2.05, 4.69) is 20.9 Å². The summed E-state index contributed by atoms with van der Waals surface area (Å²) in [6, 6.07) is 9.50. The molecular formula is C21H19BrCl3N3O5S. The lowest BCUT2D eigenvalue weighted by Crippen LogP contribution is -2.59. The highest BCUT2D eigenvalue weighted by molar-refractivity contribution is 9.10. The van der Waals surface area contributed by atoms with Gasteiger partial charge in [-0.1, -0.05) is 50.7 Å². The van der Waals surface area contributed by atoms with Crippen molar-refractivity contribution in [3.8, 4) is 5.75 Å². The Kier molecular flexibility index (Phi) is 6.89. The summed E-state index contributed by atoms with van der Waals surface area (Å²) in [6.45, 7) is -0.0571. The molecule has 0 saturated carbocycles. The van der Waals surface area contributed by atoms with Crippen LogP contribution in [0, 0.1) is 5.21 Å². The number of quaternary nitrogens is 1. The number of nitrogens with zero attached hydrogens (tertiary/aromatic N) is 2. The number of H-pyrrole nitrogens is 1. The van der Waals surface area contributed by atoms with Gasteiger partial charge in [-0.15, -0.1) is 0 Å². The molecule has 3 aromatic rings. The first-order chi connectivity index (χ1) is 15.9. The molecule has 13 heteroatoms. The summed E-state index contributed by atoms with van der Waals surface area (Å²) in [6.07, 6.45) is 1.43. The van der Waals surface area contributed by atoms with E-state index in [0.717, 1.165) is 4.47 Å². The van der Waals surface area contributed by atoms with E-state index in [1.54, 1.807) is 18.2 Å². The van der Waals surface area contributed by atoms with E-state index in [0.29, 0.717) is 10.9 Å². The highest BCUT2D eigenvalue weighted by Crippen LogP contribution is 2.39. The molecule has 2 heterocycles. The average molecular weight is 612 g/mol. The minimum Gasteiger partial charge on any atom is -0.627 e. The molecule has 0 bridgehead atoms. The molecule has 1 N–H and O–H groups in total. The molecule has 0 radical (unpaired) electrons. The molecule has 1 amide bonds. The summed E-state index contributed by atoms with van der Waals surface area (Å²) >= 11 is 20.4. The number of hydroxylamine groups is 2. The normalized spacial score (nSPS) is 16.6. The number of halogens is 4. The fourth-order valence-corrected chi connectivity index (χ4v) is 6.14. The van der Waals surface area contributed by atoms with Gasteiger partial charge in [-0.05, 0) is 30.3 Å². The number of rotatable bonds is 4. The van der Waals surface area contributed by atoms with Gasteiger partial charge < -0.3 is 24.5 Å². The van der Waals surface area contributed by atoms with E-state index < -0.39 is 24.2 Å². The Morgan fingerprint density at radius 1 is 1.18 bits per heavy atom. The number of carbonyl (C=O) groups excluding carboxylic acids is 1. The van der Waals surface area contributed by atoms with Crippen LogP contribution < -0.4 is 9.38 Å². The average Bonchev–Trinajstić information content (AvgIpc) is 3.22. The van der Waals surface area contributed by atoms with Crippen LogP contribution >= 0.6 is 50.7 Å². The number of nitrogens with one attached hydrogen (secondary N) is 1. The zero-order valence-electron chi connectivity index (χ0n) is 17.7. The van der Waals surface area contributed by atoms with Crippen molar-refractivity contribution in [1.82, 2.24) is 14.5 Å². The quantitative estimate of drug-likeness (QED) is 0.260. The van der Waals surface area contributed by atoms with Crippen LogP contribution in [0.4, 0.5) is 5.69 Å². The predicted molar refractivity (Wildman–Crippen MR) is 136 cm³/mol. The number of hydrogen-bond acceptors (Lipinski definition) is 5. The molecule has 1 aliphatic heterocycles. The van der Waals surface area contributed by atoms with E-state index in [-0.39, 0.29) is 47.4 Å². The third-order valence-corrected chi connectivity index (χ3v) is 8.56. The van der Waals surface area contributed by atoms with Crippen molar-refractivity contribution in [2.24, 2.45) is 0 Å². The molecule has 182 valence electrons. The Hall–Kier alpha value is -1.53. The van der Waals surface area contributed by atoms with Crippen LogP contribution in [0.3, 0.4) is 0 Å². The minimum atomic E-state index is -3.97. The second kappa shape index (κ2) is 9.16. The minimum absolute atomic E-state index is 0.0346. The third-order valence-electron chi connectivity index (χ3n) is 5.79. The summed E-state index contributed by atoms with van der Waals surface area (Å²) in [5.74, 6) is -0.464. The fraction of sp³-hybridized carbons (Fsp3) is 0.286. The first-order valence-corrected chi connectivity index (χ1v) is 13.4. The van der Waals surface area contributed by atoms with Crippen LogP contribution in [0.25, 0.3) is 10.9 Å². The molecule has 2 aromatic carbocycles. The molecule has 1 saturated heterocycles. The van der Waals surface area contributed by atoms with E-state index >= 15 is 0 Å². The topological polar surface area (TPSA) is 103 Å². The highest BCUT2D eigenvalue weighted by atomic mass is 79.9. The molecule has 34 heavy (non-hydrogen) atoms. The van der Waals surface area contributed by atoms with Crippen LogP contribution in [0.1, 0.15) is 0 Å². The van der Waals surface area contributed by atoms with E-state index in [1.165, 1.54) is 36.4 Å². The van der Waals surface area contributed by atoms with Crippen molar-refractivity contribution in [1.29, 1.82) is 0 Å². The number of ether oxygens (including phenoxy) is 1. The lowest BCUT2D eigenvalue weighted by Gasteiger charge is -2.48. The largest absolute Gasteiger partial charge is 0.627 e. The van der Waals surface area contributed by atoms with Gasteiger partial charge in [0.15, 0.2) is 11.4 Å². The zero-order chi connectivity index (χ0) is 24.9. The van der Waals surface area contributed by atoms with Crippen molar-refractivity contribution in [2.45, 2.75) is 13.6 Å². The Morgan fingerprint density at radius 2 is 1.85 bits per heavy atom. The van der Waals surface area contributed by atoms with E-state index in [4.69, 9.17) is 39.5 Å². The molecule has 1 fully saturated rings. The van der Waals surface area contributed by atoms with Crippen molar-refractivity contribution >= 4 is 83.1 Å². The number of alkyl halides is 3. The highest BCUT2D eigenvalue weighted by Gasteiger charge is 2.40. The van der Waals surface area contributed by atoms with Gasteiger partial charge >= 0.3 is 0 Å². The van der Waals surface area contributed by atoms with Crippen LogP contribution in [-0.4, -0.2) is 61.3 Å². The standard InChI is InChI=1S/C21H19BrCl3N3O5S/c1-33-18-5-3-14(34(31,32)19-12-26-16-4-2-13(22)10-15(16)19)11-17(18)28(30)8-6-27(7-9-28)20(29)21(23,24)25/h2-5,10-12,26H,6-9H2,1H3. The molecular weight excluding hydrogens is 593 g/mol. The van der Waals surface area contributed by atoms with Crippen LogP contribution in [0.2, 0.25) is 0 Å². The maximum Gasteiger partial charge on any atom is 0.275 e. The summed E-state index contributed by atoms with van der Waals surface area (Å²) in [5, 5.41) is 14.3. The van der Waals surface area contributed by atoms with Crippen LogP contribution in [0.5, 0.6) is 5.75 Å². The van der Waals surface area contributed by atoms with Crippen molar-refractivity contribution in [3.63, 3.8) is 0 Å². The molecule has 8 nitrogen and oxygen atoms in total. The van der Waals surface area contributed by atoms with Gasteiger partial charge in [0, 0.05) is 27.6 Å². The molecule has 0 unspecified atom stereocenters. The van der Waals surface area contributed by atoms with Gasteiger partial charge in [-0.2, -0.15) is 0 Å². The Morgan fingerprint density at radius 3 is 2.47 bits per heavy atom. The van der Waals surface area contributed by atoms with Gasteiger partial charge in [0.05, 0.1) is 30.0 Å². The van der Waals surface area contributed by atoms with Crippen molar-refractivity contribution < 1.29 is 17.9 Å². The Bertz CT molecular complexity index is 1370. The van der Waals surface area contributed by atoms with Gasteiger partial charge in [0.1, 0.15) is 13.1 Å². The lowest BCUT2D eigenvalue weighted by atomic mass is 10.2. The number of aromatic amines is 1. The molecule has 4 rings (SSSR count). The summed E-state index contributed by atoms with van der Waals surface area (Å²) in [7, 11) is -2.57. The summed E-state index contributed by atoms with van der Waals surface area (Å²) in [5.41, 5.74) is 0.808. The SMILES string of the molecule is COc1ccc(S(=O)(=O)c2c[nH]c3ccc(Br)cc23)cc1[N+]1([O-])CCN(C(=O)C(Cl)(Cl)Cl)CC1.